The van der Waals surface area contributed by atoms with Crippen LogP contribution < -0.4 is 4.74 Å². The number of likely N-dealkylation sites (tertiary alicyclic amines) is 1. The third kappa shape index (κ3) is 6.76. The normalized spacial score (nSPS) is 17.7. The molecule has 42 heavy (non-hydrogen) atoms. The fourth-order valence-electron chi connectivity index (χ4n) is 5.14. The minimum Gasteiger partial charge on any atom is -0.506 e. The molecule has 0 aliphatic carbocycles. The molecule has 2 aliphatic heterocycles. The number of ether oxygens (including phenoxy) is 2. The second-order valence-corrected chi connectivity index (χ2v) is 12.0. The smallest absolute Gasteiger partial charge is 0.344 e. The van der Waals surface area contributed by atoms with Gasteiger partial charge in [0.15, 0.2) is 0 Å². The molecule has 0 radical (unpaired) electrons. The number of aliphatic hydroxyl groups excluding tert-OH is 1. The molecule has 1 saturated heterocycles. The van der Waals surface area contributed by atoms with Crippen LogP contribution in [0.4, 0.5) is 5.69 Å². The molecule has 0 unspecified atom stereocenters. The summed E-state index contributed by atoms with van der Waals surface area (Å²) < 4.78 is 13.6. The van der Waals surface area contributed by atoms with Crippen LogP contribution >= 0.6 is 27.7 Å². The van der Waals surface area contributed by atoms with Gasteiger partial charge in [-0.2, -0.15) is 0 Å². The number of benzene rings is 2. The number of hydrogen-bond acceptors (Lipinski definition) is 7. The Hall–Kier alpha value is -3.50. The van der Waals surface area contributed by atoms with E-state index in [9.17, 15) is 14.7 Å². The minimum absolute atomic E-state index is 0.0308. The van der Waals surface area contributed by atoms with Crippen molar-refractivity contribution >= 4 is 67.3 Å². The maximum Gasteiger partial charge on any atom is 0.344 e. The van der Waals surface area contributed by atoms with Gasteiger partial charge in [-0.25, -0.2) is 9.79 Å². The average Bonchev–Trinajstić information content (AvgIpc) is 3.29. The number of aromatic nitrogens is 1. The number of aliphatic imine (C=N–C) groups is 1. The molecule has 5 rings (SSSR count). The number of aliphatic hydroxyl groups is 1. The summed E-state index contributed by atoms with van der Waals surface area (Å²) in [6, 6.07) is 13.2. The number of halogens is 1. The summed E-state index contributed by atoms with van der Waals surface area (Å²) >= 11 is 4.78. The predicted octanol–water partition coefficient (Wildman–Crippen LogP) is 7.40. The Balaban J connectivity index is 1.51. The zero-order valence-corrected chi connectivity index (χ0v) is 26.2. The first-order valence-electron chi connectivity index (χ1n) is 14.3. The molecule has 1 aromatic heterocycles. The van der Waals surface area contributed by atoms with Crippen molar-refractivity contribution in [3.8, 4) is 5.75 Å². The molecular formula is C32H34BrN3O5S. The van der Waals surface area contributed by atoms with Gasteiger partial charge in [0.2, 0.25) is 5.91 Å². The number of carbonyl (C=O) groups excluding carboxylic acids is 2. The number of thioether (sulfide) groups is 1. The Bertz CT molecular complexity index is 1570. The van der Waals surface area contributed by atoms with Gasteiger partial charge in [0, 0.05) is 40.2 Å². The molecule has 0 atom stereocenters. The summed E-state index contributed by atoms with van der Waals surface area (Å²) in [6.07, 6.45) is 8.16. The largest absolute Gasteiger partial charge is 0.506 e. The minimum atomic E-state index is -0.635. The first-order chi connectivity index (χ1) is 20.4. The van der Waals surface area contributed by atoms with Crippen molar-refractivity contribution in [1.29, 1.82) is 0 Å². The van der Waals surface area contributed by atoms with E-state index in [4.69, 9.17) is 9.47 Å². The van der Waals surface area contributed by atoms with Gasteiger partial charge >= 0.3 is 5.97 Å². The number of fused-ring (bicyclic) bond motifs is 1. The van der Waals surface area contributed by atoms with Crippen LogP contribution in [0, 0.1) is 0 Å². The lowest BCUT2D eigenvalue weighted by atomic mass is 10.1. The van der Waals surface area contributed by atoms with E-state index in [0.717, 1.165) is 65.5 Å². The topological polar surface area (TPSA) is 93.4 Å². The Morgan fingerprint density at radius 2 is 1.79 bits per heavy atom. The van der Waals surface area contributed by atoms with Crippen LogP contribution in [-0.4, -0.2) is 57.8 Å². The van der Waals surface area contributed by atoms with Crippen LogP contribution in [0.25, 0.3) is 17.0 Å². The van der Waals surface area contributed by atoms with E-state index in [0.29, 0.717) is 22.2 Å². The highest BCUT2D eigenvalue weighted by Crippen LogP contribution is 2.41. The van der Waals surface area contributed by atoms with Crippen molar-refractivity contribution in [2.75, 3.05) is 26.3 Å². The molecule has 3 aromatic rings. The number of amides is 1. The van der Waals surface area contributed by atoms with Gasteiger partial charge in [-0.1, -0.05) is 40.5 Å². The third-order valence-electron chi connectivity index (χ3n) is 7.17. The molecule has 220 valence electrons. The van der Waals surface area contributed by atoms with Crippen molar-refractivity contribution < 1.29 is 24.2 Å². The first-order valence-corrected chi connectivity index (χ1v) is 15.9. The highest BCUT2D eigenvalue weighted by Gasteiger charge is 2.33. The second-order valence-electron chi connectivity index (χ2n) is 10.1. The van der Waals surface area contributed by atoms with Crippen LogP contribution in [0.15, 0.2) is 74.4 Å². The van der Waals surface area contributed by atoms with Crippen molar-refractivity contribution in [3.63, 3.8) is 0 Å². The van der Waals surface area contributed by atoms with Crippen LogP contribution in [0.1, 0.15) is 45.1 Å². The lowest BCUT2D eigenvalue weighted by molar-refractivity contribution is -0.138. The molecule has 10 heteroatoms. The van der Waals surface area contributed by atoms with Crippen LogP contribution in [0.3, 0.4) is 0 Å². The van der Waals surface area contributed by atoms with Crippen molar-refractivity contribution in [3.05, 3.63) is 74.9 Å². The molecular weight excluding hydrogens is 618 g/mol. The average molecular weight is 653 g/mol. The summed E-state index contributed by atoms with van der Waals surface area (Å²) in [7, 11) is 0. The van der Waals surface area contributed by atoms with E-state index in [1.807, 2.05) is 59.0 Å². The van der Waals surface area contributed by atoms with E-state index >= 15 is 0 Å². The second kappa shape index (κ2) is 13.6. The molecule has 3 heterocycles. The van der Waals surface area contributed by atoms with Gasteiger partial charge in [-0.15, -0.1) is 0 Å². The fourth-order valence-corrected chi connectivity index (χ4v) is 6.53. The monoisotopic (exact) mass is 651 g/mol. The van der Waals surface area contributed by atoms with Gasteiger partial charge in [-0.3, -0.25) is 4.79 Å². The summed E-state index contributed by atoms with van der Waals surface area (Å²) in [4.78, 5) is 33.3. The van der Waals surface area contributed by atoms with Crippen LogP contribution in [-0.2, 0) is 20.9 Å². The van der Waals surface area contributed by atoms with Crippen molar-refractivity contribution in [2.45, 2.75) is 46.1 Å². The van der Waals surface area contributed by atoms with Crippen molar-refractivity contribution in [1.82, 2.24) is 9.47 Å². The Labute approximate surface area is 258 Å². The van der Waals surface area contributed by atoms with Crippen LogP contribution in [0.5, 0.6) is 5.75 Å². The Morgan fingerprint density at radius 3 is 2.48 bits per heavy atom. The van der Waals surface area contributed by atoms with E-state index in [-0.39, 0.29) is 30.4 Å². The lowest BCUT2D eigenvalue weighted by Gasteiger charge is -2.20. The van der Waals surface area contributed by atoms with Crippen molar-refractivity contribution in [2.24, 2.45) is 4.99 Å². The number of carbonyl (C=O) groups is 2. The van der Waals surface area contributed by atoms with E-state index < -0.39 is 5.97 Å². The summed E-state index contributed by atoms with van der Waals surface area (Å²) in [5, 5.41) is 12.5. The molecule has 1 N–H and O–H groups in total. The number of hydrogen-bond donors (Lipinski definition) is 1. The number of esters is 1. The molecule has 8 nitrogen and oxygen atoms in total. The summed E-state index contributed by atoms with van der Waals surface area (Å²) in [5.41, 5.74) is 2.37. The number of rotatable bonds is 8. The highest BCUT2D eigenvalue weighted by molar-refractivity contribution is 9.10. The van der Waals surface area contributed by atoms with Gasteiger partial charge < -0.3 is 24.0 Å². The molecule has 2 aromatic carbocycles. The SMILES string of the molecule is CCOC(=O)C1=C(O)/C(=C/c2cn(CC(=O)N3CCCCCC3)c3ccc(Br)cc23)SC1=Nc1ccc(OCC)cc1. The quantitative estimate of drug-likeness (QED) is 0.255. The molecule has 2 aliphatic rings. The maximum absolute atomic E-state index is 13.2. The maximum atomic E-state index is 13.2. The van der Waals surface area contributed by atoms with E-state index in [1.54, 1.807) is 19.1 Å². The van der Waals surface area contributed by atoms with Gasteiger partial charge in [0.25, 0.3) is 0 Å². The number of nitrogens with zero attached hydrogens (tertiary/aromatic N) is 3. The molecule has 1 amide bonds. The van der Waals surface area contributed by atoms with E-state index in [1.165, 1.54) is 11.8 Å². The van der Waals surface area contributed by atoms with E-state index in [2.05, 4.69) is 20.9 Å². The van der Waals surface area contributed by atoms with Crippen LogP contribution in [0.2, 0.25) is 0 Å². The molecule has 1 fully saturated rings. The van der Waals surface area contributed by atoms with Gasteiger partial charge in [-0.05, 0) is 75.2 Å². The standard InChI is InChI=1S/C32H34BrN3O5S/c1-3-40-24-12-10-23(11-13-24)34-31-29(32(39)41-4-2)30(38)27(42-31)17-21-19-36(26-14-9-22(33)18-25(21)26)20-28(37)35-15-7-5-6-8-16-35/h9-14,17-19,38H,3-8,15-16,20H2,1-2H3/b27-17-,34-31?. The summed E-state index contributed by atoms with van der Waals surface area (Å²) in [6.45, 7) is 6.18. The Morgan fingerprint density at radius 1 is 1.05 bits per heavy atom. The Kier molecular flexibility index (Phi) is 9.74. The zero-order valence-electron chi connectivity index (χ0n) is 23.8. The fraction of sp³-hybridized carbons (Fsp3) is 0.344. The first kappa shape index (κ1) is 30.0. The highest BCUT2D eigenvalue weighted by atomic mass is 79.9. The third-order valence-corrected chi connectivity index (χ3v) is 8.69. The van der Waals surface area contributed by atoms with Gasteiger partial charge in [0.1, 0.15) is 28.7 Å². The molecule has 0 spiro atoms. The zero-order chi connectivity index (χ0) is 29.6. The predicted molar refractivity (Wildman–Crippen MR) is 171 cm³/mol. The van der Waals surface area contributed by atoms with Gasteiger partial charge in [0.05, 0.1) is 23.8 Å². The molecule has 0 saturated carbocycles. The lowest BCUT2D eigenvalue weighted by Crippen LogP contribution is -2.34. The summed E-state index contributed by atoms with van der Waals surface area (Å²) in [5.74, 6) is 0.00810. The molecule has 0 bridgehead atoms.